The van der Waals surface area contributed by atoms with Crippen LogP contribution in [0, 0.1) is 0 Å². The molecule has 3 rings (SSSR count). The standard InChI is InChI=1S/C17H20N2O2/c1-20-16-9-12-7-8-19(11-13(12)10-17(16)21-2)15-6-4-3-5-14(15)18/h3-6,9-10H,7-8,11,18H2,1-2H3. The summed E-state index contributed by atoms with van der Waals surface area (Å²) in [7, 11) is 3.34. The van der Waals surface area contributed by atoms with Gasteiger partial charge in [-0.15, -0.1) is 0 Å². The Kier molecular flexibility index (Phi) is 3.60. The van der Waals surface area contributed by atoms with Crippen molar-refractivity contribution in [3.8, 4) is 11.5 Å². The van der Waals surface area contributed by atoms with Crippen molar-refractivity contribution in [1.82, 2.24) is 0 Å². The Hall–Kier alpha value is -2.36. The largest absolute Gasteiger partial charge is 0.493 e. The van der Waals surface area contributed by atoms with Gasteiger partial charge in [0.1, 0.15) is 0 Å². The number of nitrogen functional groups attached to an aromatic ring is 1. The van der Waals surface area contributed by atoms with Gasteiger partial charge in [-0.1, -0.05) is 12.1 Å². The molecule has 1 aliphatic heterocycles. The molecule has 21 heavy (non-hydrogen) atoms. The Morgan fingerprint density at radius 3 is 2.33 bits per heavy atom. The van der Waals surface area contributed by atoms with Crippen LogP contribution in [0.15, 0.2) is 36.4 Å². The molecule has 2 N–H and O–H groups in total. The number of nitrogens with two attached hydrogens (primary N) is 1. The van der Waals surface area contributed by atoms with Gasteiger partial charge in [0.2, 0.25) is 0 Å². The lowest BCUT2D eigenvalue weighted by molar-refractivity contribution is 0.353. The second-order valence-corrected chi connectivity index (χ2v) is 5.21. The molecule has 0 amide bonds. The third kappa shape index (κ3) is 2.49. The van der Waals surface area contributed by atoms with Crippen LogP contribution in [-0.2, 0) is 13.0 Å². The van der Waals surface area contributed by atoms with Gasteiger partial charge in [-0.25, -0.2) is 0 Å². The molecular weight excluding hydrogens is 264 g/mol. The zero-order valence-corrected chi connectivity index (χ0v) is 12.4. The van der Waals surface area contributed by atoms with E-state index in [1.54, 1.807) is 14.2 Å². The molecule has 2 aromatic rings. The molecule has 0 radical (unpaired) electrons. The minimum atomic E-state index is 0.777. The molecule has 4 nitrogen and oxygen atoms in total. The van der Waals surface area contributed by atoms with Gasteiger partial charge in [0, 0.05) is 13.1 Å². The van der Waals surface area contributed by atoms with Crippen molar-refractivity contribution in [3.05, 3.63) is 47.5 Å². The lowest BCUT2D eigenvalue weighted by Crippen LogP contribution is -2.30. The second-order valence-electron chi connectivity index (χ2n) is 5.21. The Morgan fingerprint density at radius 2 is 1.67 bits per heavy atom. The highest BCUT2D eigenvalue weighted by molar-refractivity contribution is 5.68. The number of fused-ring (bicyclic) bond motifs is 1. The van der Waals surface area contributed by atoms with Gasteiger partial charge in [0.15, 0.2) is 11.5 Å². The van der Waals surface area contributed by atoms with Crippen molar-refractivity contribution >= 4 is 11.4 Å². The van der Waals surface area contributed by atoms with Gasteiger partial charge in [0.25, 0.3) is 0 Å². The lowest BCUT2D eigenvalue weighted by atomic mass is 9.98. The zero-order valence-electron chi connectivity index (χ0n) is 12.4. The molecule has 0 atom stereocenters. The first-order valence-corrected chi connectivity index (χ1v) is 7.06. The van der Waals surface area contributed by atoms with Crippen LogP contribution in [0.25, 0.3) is 0 Å². The van der Waals surface area contributed by atoms with Crippen LogP contribution < -0.4 is 20.1 Å². The van der Waals surface area contributed by atoms with E-state index >= 15 is 0 Å². The molecule has 2 aromatic carbocycles. The fourth-order valence-corrected chi connectivity index (χ4v) is 2.86. The minimum absolute atomic E-state index is 0.777. The number of hydrogen-bond acceptors (Lipinski definition) is 4. The van der Waals surface area contributed by atoms with Crippen LogP contribution in [0.3, 0.4) is 0 Å². The maximum Gasteiger partial charge on any atom is 0.161 e. The monoisotopic (exact) mass is 284 g/mol. The van der Waals surface area contributed by atoms with E-state index in [4.69, 9.17) is 15.2 Å². The van der Waals surface area contributed by atoms with E-state index in [1.807, 2.05) is 18.2 Å². The molecule has 1 heterocycles. The maximum absolute atomic E-state index is 6.09. The molecule has 0 saturated heterocycles. The Labute approximate surface area is 125 Å². The molecule has 110 valence electrons. The Bertz CT molecular complexity index is 655. The number of nitrogens with zero attached hydrogens (tertiary/aromatic N) is 1. The summed E-state index contributed by atoms with van der Waals surface area (Å²) >= 11 is 0. The summed E-state index contributed by atoms with van der Waals surface area (Å²) < 4.78 is 10.8. The van der Waals surface area contributed by atoms with Gasteiger partial charge < -0.3 is 20.1 Å². The third-order valence-electron chi connectivity index (χ3n) is 4.00. The molecule has 0 saturated carbocycles. The van der Waals surface area contributed by atoms with Gasteiger partial charge in [-0.05, 0) is 41.8 Å². The first-order chi connectivity index (χ1) is 10.2. The minimum Gasteiger partial charge on any atom is -0.493 e. The maximum atomic E-state index is 6.09. The third-order valence-corrected chi connectivity index (χ3v) is 4.00. The van der Waals surface area contributed by atoms with E-state index in [2.05, 4.69) is 23.1 Å². The summed E-state index contributed by atoms with van der Waals surface area (Å²) in [5.41, 5.74) is 10.6. The van der Waals surface area contributed by atoms with Crippen LogP contribution in [-0.4, -0.2) is 20.8 Å². The van der Waals surface area contributed by atoms with Gasteiger partial charge in [-0.2, -0.15) is 0 Å². The Balaban J connectivity index is 1.93. The fourth-order valence-electron chi connectivity index (χ4n) is 2.86. The predicted octanol–water partition coefficient (Wildman–Crippen LogP) is 2.85. The average molecular weight is 284 g/mol. The van der Waals surface area contributed by atoms with E-state index in [0.29, 0.717) is 0 Å². The number of ether oxygens (including phenoxy) is 2. The van der Waals surface area contributed by atoms with E-state index in [-0.39, 0.29) is 0 Å². The summed E-state index contributed by atoms with van der Waals surface area (Å²) in [5.74, 6) is 1.57. The van der Waals surface area contributed by atoms with Crippen LogP contribution in [0.5, 0.6) is 11.5 Å². The average Bonchev–Trinajstić information content (AvgIpc) is 2.53. The van der Waals surface area contributed by atoms with Crippen LogP contribution in [0.2, 0.25) is 0 Å². The van der Waals surface area contributed by atoms with Crippen molar-refractivity contribution in [2.24, 2.45) is 0 Å². The SMILES string of the molecule is COc1cc2c(cc1OC)CN(c1ccccc1N)CC2. The fraction of sp³-hybridized carbons (Fsp3) is 0.294. The molecule has 0 fully saturated rings. The van der Waals surface area contributed by atoms with Crippen molar-refractivity contribution in [2.45, 2.75) is 13.0 Å². The van der Waals surface area contributed by atoms with Crippen molar-refractivity contribution < 1.29 is 9.47 Å². The van der Waals surface area contributed by atoms with E-state index in [0.717, 1.165) is 42.4 Å². The van der Waals surface area contributed by atoms with Crippen molar-refractivity contribution in [1.29, 1.82) is 0 Å². The van der Waals surface area contributed by atoms with Crippen LogP contribution in [0.1, 0.15) is 11.1 Å². The predicted molar refractivity (Wildman–Crippen MR) is 85.2 cm³/mol. The number of benzene rings is 2. The first kappa shape index (κ1) is 13.6. The molecule has 4 heteroatoms. The summed E-state index contributed by atoms with van der Waals surface area (Å²) in [6.07, 6.45) is 0.976. The first-order valence-electron chi connectivity index (χ1n) is 7.06. The smallest absolute Gasteiger partial charge is 0.161 e. The zero-order chi connectivity index (χ0) is 14.8. The molecular formula is C17H20N2O2. The normalized spacial score (nSPS) is 13.7. The Morgan fingerprint density at radius 1 is 1.00 bits per heavy atom. The van der Waals surface area contributed by atoms with Gasteiger partial charge >= 0.3 is 0 Å². The van der Waals surface area contributed by atoms with Crippen LogP contribution in [0.4, 0.5) is 11.4 Å². The summed E-state index contributed by atoms with van der Waals surface area (Å²) in [4.78, 5) is 2.31. The molecule has 1 aliphatic rings. The highest BCUT2D eigenvalue weighted by Gasteiger charge is 2.20. The molecule has 0 aromatic heterocycles. The number of methoxy groups -OCH3 is 2. The number of rotatable bonds is 3. The summed E-state index contributed by atoms with van der Waals surface area (Å²) in [6.45, 7) is 1.79. The van der Waals surface area contributed by atoms with E-state index in [1.165, 1.54) is 11.1 Å². The summed E-state index contributed by atoms with van der Waals surface area (Å²) in [5, 5.41) is 0. The molecule has 0 aliphatic carbocycles. The second kappa shape index (κ2) is 5.56. The van der Waals surface area contributed by atoms with E-state index < -0.39 is 0 Å². The number of para-hydroxylation sites is 2. The quantitative estimate of drug-likeness (QED) is 0.880. The number of hydrogen-bond donors (Lipinski definition) is 1. The highest BCUT2D eigenvalue weighted by Crippen LogP contribution is 2.35. The highest BCUT2D eigenvalue weighted by atomic mass is 16.5. The summed E-state index contributed by atoms with van der Waals surface area (Å²) in [6, 6.07) is 12.2. The molecule has 0 spiro atoms. The molecule has 0 unspecified atom stereocenters. The number of anilines is 2. The van der Waals surface area contributed by atoms with Gasteiger partial charge in [0.05, 0.1) is 25.6 Å². The van der Waals surface area contributed by atoms with E-state index in [9.17, 15) is 0 Å². The van der Waals surface area contributed by atoms with Crippen molar-refractivity contribution in [2.75, 3.05) is 31.4 Å². The van der Waals surface area contributed by atoms with Gasteiger partial charge in [-0.3, -0.25) is 0 Å². The van der Waals surface area contributed by atoms with Crippen LogP contribution >= 0.6 is 0 Å². The topological polar surface area (TPSA) is 47.7 Å². The van der Waals surface area contributed by atoms with Crippen molar-refractivity contribution in [3.63, 3.8) is 0 Å². The molecule has 0 bridgehead atoms. The lowest BCUT2D eigenvalue weighted by Gasteiger charge is -2.32.